The second-order valence-electron chi connectivity index (χ2n) is 7.97. The fourth-order valence-electron chi connectivity index (χ4n) is 3.56. The Kier molecular flexibility index (Phi) is 7.95. The molecule has 2 aromatic rings. The van der Waals surface area contributed by atoms with Crippen LogP contribution in [0.15, 0.2) is 42.5 Å². The average Bonchev–Trinajstić information content (AvgIpc) is 2.75. The first kappa shape index (κ1) is 25.8. The number of carbonyl (C=O) groups is 1. The Morgan fingerprint density at radius 1 is 1.12 bits per heavy atom. The zero-order chi connectivity index (χ0) is 24.4. The number of benzene rings is 2. The summed E-state index contributed by atoms with van der Waals surface area (Å²) >= 11 is 11.9. The molecule has 0 spiro atoms. The van der Waals surface area contributed by atoms with Gasteiger partial charge in [0.15, 0.2) is 0 Å². The number of piperidine rings is 1. The van der Waals surface area contributed by atoms with Gasteiger partial charge < -0.3 is 5.32 Å². The quantitative estimate of drug-likeness (QED) is 0.585. The van der Waals surface area contributed by atoms with Gasteiger partial charge in [0.1, 0.15) is 0 Å². The molecular weight excluding hydrogens is 509 g/mol. The molecule has 8 nitrogen and oxygen atoms in total. The van der Waals surface area contributed by atoms with Crippen LogP contribution in [0.25, 0.3) is 0 Å². The number of amides is 1. The summed E-state index contributed by atoms with van der Waals surface area (Å²) in [5.74, 6) is -1.08. The Morgan fingerprint density at radius 2 is 1.85 bits per heavy atom. The van der Waals surface area contributed by atoms with Crippen molar-refractivity contribution in [1.82, 2.24) is 4.31 Å². The van der Waals surface area contributed by atoms with Gasteiger partial charge in [0, 0.05) is 25.8 Å². The molecule has 1 heterocycles. The van der Waals surface area contributed by atoms with Gasteiger partial charge in [-0.05, 0) is 48.7 Å². The molecule has 0 aliphatic carbocycles. The molecule has 1 atom stereocenters. The lowest BCUT2D eigenvalue weighted by molar-refractivity contribution is -0.120. The van der Waals surface area contributed by atoms with Crippen LogP contribution in [0.5, 0.6) is 0 Å². The van der Waals surface area contributed by atoms with E-state index in [-0.39, 0.29) is 23.2 Å². The number of rotatable bonds is 7. The third kappa shape index (κ3) is 6.60. The number of hydrogen-bond donors (Lipinski definition) is 1. The van der Waals surface area contributed by atoms with Gasteiger partial charge in [-0.25, -0.2) is 21.1 Å². The Labute approximate surface area is 204 Å². The van der Waals surface area contributed by atoms with Gasteiger partial charge in [0.2, 0.25) is 26.0 Å². The van der Waals surface area contributed by atoms with E-state index in [2.05, 4.69) is 5.32 Å². The molecule has 0 radical (unpaired) electrons. The van der Waals surface area contributed by atoms with Crippen molar-refractivity contribution in [3.63, 3.8) is 0 Å². The summed E-state index contributed by atoms with van der Waals surface area (Å²) < 4.78 is 51.9. The molecule has 1 amide bonds. The van der Waals surface area contributed by atoms with Gasteiger partial charge in [-0.15, -0.1) is 0 Å². The minimum atomic E-state index is -3.66. The van der Waals surface area contributed by atoms with Gasteiger partial charge in [0.05, 0.1) is 33.7 Å². The predicted octanol–water partition coefficient (Wildman–Crippen LogP) is 3.57. The normalized spacial score (nSPS) is 17.5. The van der Waals surface area contributed by atoms with Crippen LogP contribution in [0, 0.1) is 5.92 Å². The van der Waals surface area contributed by atoms with Crippen LogP contribution in [-0.2, 0) is 30.6 Å². The zero-order valence-electron chi connectivity index (χ0n) is 18.2. The molecule has 3 rings (SSSR count). The maximum atomic E-state index is 12.9. The second-order valence-corrected chi connectivity index (χ2v) is 12.8. The molecule has 0 unspecified atom stereocenters. The Hall–Kier alpha value is -1.85. The highest BCUT2D eigenvalue weighted by molar-refractivity contribution is 7.92. The molecule has 1 aliphatic heterocycles. The molecule has 12 heteroatoms. The minimum absolute atomic E-state index is 0.0679. The summed E-state index contributed by atoms with van der Waals surface area (Å²) in [6, 6.07) is 11.2. The number of sulfonamides is 2. The van der Waals surface area contributed by atoms with Crippen LogP contribution in [0.3, 0.4) is 0 Å². The van der Waals surface area contributed by atoms with E-state index in [1.807, 2.05) is 0 Å². The first-order chi connectivity index (χ1) is 15.4. The number of nitrogens with one attached hydrogen (secondary N) is 1. The molecule has 1 fully saturated rings. The van der Waals surface area contributed by atoms with E-state index >= 15 is 0 Å². The number of anilines is 2. The summed E-state index contributed by atoms with van der Waals surface area (Å²) in [6.45, 7) is 0.403. The topological polar surface area (TPSA) is 104 Å². The highest BCUT2D eigenvalue weighted by Gasteiger charge is 2.32. The summed E-state index contributed by atoms with van der Waals surface area (Å²) in [6.07, 6.45) is 2.19. The van der Waals surface area contributed by atoms with Crippen molar-refractivity contribution in [2.75, 3.05) is 36.0 Å². The van der Waals surface area contributed by atoms with E-state index in [1.165, 1.54) is 17.4 Å². The summed E-state index contributed by atoms with van der Waals surface area (Å²) in [5, 5.41) is 3.41. The van der Waals surface area contributed by atoms with Crippen molar-refractivity contribution in [2.24, 2.45) is 5.92 Å². The predicted molar refractivity (Wildman–Crippen MR) is 132 cm³/mol. The third-order valence-electron chi connectivity index (χ3n) is 5.46. The molecular formula is C21H25Cl2N3O5S2. The Bertz CT molecular complexity index is 1250. The van der Waals surface area contributed by atoms with Gasteiger partial charge in [0.25, 0.3) is 0 Å². The monoisotopic (exact) mass is 533 g/mol. The Balaban J connectivity index is 1.68. The van der Waals surface area contributed by atoms with Crippen LogP contribution in [0.1, 0.15) is 18.4 Å². The smallest absolute Gasteiger partial charge is 0.231 e. The molecule has 1 N–H and O–H groups in total. The van der Waals surface area contributed by atoms with Crippen molar-refractivity contribution in [2.45, 2.75) is 18.6 Å². The molecule has 0 saturated carbocycles. The van der Waals surface area contributed by atoms with Crippen LogP contribution >= 0.6 is 23.2 Å². The van der Waals surface area contributed by atoms with E-state index in [0.717, 1.165) is 10.6 Å². The lowest BCUT2D eigenvalue weighted by atomic mass is 9.98. The van der Waals surface area contributed by atoms with Crippen LogP contribution in [0.4, 0.5) is 11.4 Å². The summed E-state index contributed by atoms with van der Waals surface area (Å²) in [4.78, 5) is 12.9. The maximum Gasteiger partial charge on any atom is 0.231 e. The molecule has 2 aromatic carbocycles. The zero-order valence-corrected chi connectivity index (χ0v) is 21.3. The standard InChI is InChI=1S/C21H25Cl2N3O5S2/c1-25(32(2,28)29)18-7-3-6-17(12-18)24-21(27)16-5-4-10-26(13-16)33(30,31)14-15-8-9-19(22)20(23)11-15/h3,6-9,11-12,16H,4-5,10,13-14H2,1-2H3,(H,24,27)/t16-/m0/s1. The van der Waals surface area contributed by atoms with Gasteiger partial charge in [-0.3, -0.25) is 9.10 Å². The number of nitrogens with zero attached hydrogens (tertiary/aromatic N) is 2. The molecule has 1 aliphatic rings. The third-order valence-corrected chi connectivity index (χ3v) is 9.22. The molecule has 33 heavy (non-hydrogen) atoms. The molecule has 180 valence electrons. The second kappa shape index (κ2) is 10.2. The lowest BCUT2D eigenvalue weighted by Gasteiger charge is -2.31. The molecule has 0 bridgehead atoms. The fraction of sp³-hybridized carbons (Fsp3) is 0.381. The van der Waals surface area contributed by atoms with Crippen LogP contribution in [-0.4, -0.2) is 53.4 Å². The highest BCUT2D eigenvalue weighted by atomic mass is 35.5. The van der Waals surface area contributed by atoms with E-state index in [0.29, 0.717) is 41.3 Å². The number of carbonyl (C=O) groups excluding carboxylic acids is 1. The lowest BCUT2D eigenvalue weighted by Crippen LogP contribution is -2.44. The SMILES string of the molecule is CN(c1cccc(NC(=O)[C@H]2CCCN(S(=O)(=O)Cc3ccc(Cl)c(Cl)c3)C2)c1)S(C)(=O)=O. The summed E-state index contributed by atoms with van der Waals surface area (Å²) in [7, 11) is -5.68. The maximum absolute atomic E-state index is 12.9. The van der Waals surface area contributed by atoms with E-state index in [9.17, 15) is 21.6 Å². The van der Waals surface area contributed by atoms with Crippen LogP contribution in [0.2, 0.25) is 10.0 Å². The number of halogens is 2. The Morgan fingerprint density at radius 3 is 2.52 bits per heavy atom. The molecule has 0 aromatic heterocycles. The van der Waals surface area contributed by atoms with E-state index < -0.39 is 26.0 Å². The summed E-state index contributed by atoms with van der Waals surface area (Å²) in [5.41, 5.74) is 1.36. The number of hydrogen-bond acceptors (Lipinski definition) is 5. The van der Waals surface area contributed by atoms with E-state index in [1.54, 1.807) is 36.4 Å². The minimum Gasteiger partial charge on any atom is -0.326 e. The largest absolute Gasteiger partial charge is 0.326 e. The van der Waals surface area contributed by atoms with Crippen molar-refractivity contribution < 1.29 is 21.6 Å². The van der Waals surface area contributed by atoms with Gasteiger partial charge in [-0.2, -0.15) is 0 Å². The first-order valence-electron chi connectivity index (χ1n) is 10.1. The van der Waals surface area contributed by atoms with Crippen molar-refractivity contribution >= 4 is 60.5 Å². The average molecular weight is 534 g/mol. The fourth-order valence-corrected chi connectivity index (χ4v) is 5.97. The van der Waals surface area contributed by atoms with E-state index in [4.69, 9.17) is 23.2 Å². The highest BCUT2D eigenvalue weighted by Crippen LogP contribution is 2.27. The van der Waals surface area contributed by atoms with Gasteiger partial charge >= 0.3 is 0 Å². The van der Waals surface area contributed by atoms with Crippen LogP contribution < -0.4 is 9.62 Å². The molecule has 1 saturated heterocycles. The van der Waals surface area contributed by atoms with Crippen molar-refractivity contribution in [3.05, 3.63) is 58.1 Å². The van der Waals surface area contributed by atoms with Gasteiger partial charge in [-0.1, -0.05) is 35.3 Å². The van der Waals surface area contributed by atoms with Crippen molar-refractivity contribution in [3.8, 4) is 0 Å². The van der Waals surface area contributed by atoms with Crippen molar-refractivity contribution in [1.29, 1.82) is 0 Å². The first-order valence-corrected chi connectivity index (χ1v) is 14.3.